The zero-order chi connectivity index (χ0) is 15.3. The van der Waals surface area contributed by atoms with Crippen molar-refractivity contribution in [3.63, 3.8) is 0 Å². The van der Waals surface area contributed by atoms with Crippen LogP contribution in [0.1, 0.15) is 21.5 Å². The zero-order valence-electron chi connectivity index (χ0n) is 11.4. The molecule has 112 valence electrons. The van der Waals surface area contributed by atoms with Gasteiger partial charge in [0.15, 0.2) is 0 Å². The van der Waals surface area contributed by atoms with Gasteiger partial charge in [-0.1, -0.05) is 12.1 Å². The van der Waals surface area contributed by atoms with E-state index in [4.69, 9.17) is 0 Å². The van der Waals surface area contributed by atoms with E-state index in [1.165, 1.54) is 13.2 Å². The lowest BCUT2D eigenvalue weighted by atomic mass is 10.1. The summed E-state index contributed by atoms with van der Waals surface area (Å²) in [6.45, 7) is 0.162. The van der Waals surface area contributed by atoms with Gasteiger partial charge in [0.05, 0.1) is 24.6 Å². The topological polar surface area (TPSA) is 101 Å². The first-order valence-electron chi connectivity index (χ1n) is 6.12. The van der Waals surface area contributed by atoms with Crippen molar-refractivity contribution in [2.45, 2.75) is 12.3 Å². The molecule has 0 aliphatic rings. The van der Waals surface area contributed by atoms with Crippen molar-refractivity contribution >= 4 is 16.0 Å². The van der Waals surface area contributed by atoms with Crippen molar-refractivity contribution < 1.29 is 17.9 Å². The second-order valence-corrected chi connectivity index (χ2v) is 6.19. The fraction of sp³-hybridized carbons (Fsp3) is 0.231. The molecule has 1 aromatic carbocycles. The first-order valence-corrected chi connectivity index (χ1v) is 7.77. The molecule has 7 nitrogen and oxygen atoms in total. The highest BCUT2D eigenvalue weighted by Gasteiger charge is 2.13. The van der Waals surface area contributed by atoms with Crippen LogP contribution in [0.3, 0.4) is 0 Å². The first-order chi connectivity index (χ1) is 10.00. The van der Waals surface area contributed by atoms with E-state index < -0.39 is 16.0 Å². The van der Waals surface area contributed by atoms with Gasteiger partial charge in [0, 0.05) is 18.3 Å². The summed E-state index contributed by atoms with van der Waals surface area (Å²) in [6, 6.07) is 6.33. The number of nitrogens with zero attached hydrogens (tertiary/aromatic N) is 1. The van der Waals surface area contributed by atoms with Gasteiger partial charge in [0.2, 0.25) is 10.0 Å². The Labute approximate surface area is 122 Å². The molecule has 0 aliphatic carbocycles. The summed E-state index contributed by atoms with van der Waals surface area (Å²) in [5, 5.41) is 6.34. The van der Waals surface area contributed by atoms with Gasteiger partial charge in [-0.25, -0.2) is 17.9 Å². The Morgan fingerprint density at radius 3 is 2.86 bits per heavy atom. The van der Waals surface area contributed by atoms with Crippen LogP contribution in [-0.2, 0) is 27.1 Å². The van der Waals surface area contributed by atoms with Crippen LogP contribution >= 0.6 is 0 Å². The molecule has 0 saturated heterocycles. The maximum absolute atomic E-state index is 12.0. The molecule has 0 unspecified atom stereocenters. The van der Waals surface area contributed by atoms with Crippen molar-refractivity contribution in [2.75, 3.05) is 7.11 Å². The molecule has 0 bridgehead atoms. The van der Waals surface area contributed by atoms with Crippen molar-refractivity contribution in [3.05, 3.63) is 53.3 Å². The van der Waals surface area contributed by atoms with Crippen LogP contribution in [0.4, 0.5) is 0 Å². The number of aromatic nitrogens is 2. The number of carbonyl (C=O) groups is 1. The van der Waals surface area contributed by atoms with E-state index in [0.717, 1.165) is 5.56 Å². The molecule has 0 radical (unpaired) electrons. The summed E-state index contributed by atoms with van der Waals surface area (Å²) < 4.78 is 31.0. The number of benzene rings is 1. The average molecular weight is 309 g/mol. The molecule has 0 saturated carbocycles. The van der Waals surface area contributed by atoms with Crippen molar-refractivity contribution in [1.82, 2.24) is 14.9 Å². The molecule has 0 atom stereocenters. The van der Waals surface area contributed by atoms with Gasteiger partial charge in [-0.15, -0.1) is 0 Å². The maximum atomic E-state index is 12.0. The number of ether oxygens (including phenoxy) is 1. The monoisotopic (exact) mass is 309 g/mol. The van der Waals surface area contributed by atoms with E-state index in [2.05, 4.69) is 19.7 Å². The number of H-pyrrole nitrogens is 1. The van der Waals surface area contributed by atoms with Gasteiger partial charge >= 0.3 is 5.97 Å². The van der Waals surface area contributed by atoms with Gasteiger partial charge in [-0.2, -0.15) is 5.10 Å². The third kappa shape index (κ3) is 4.40. The molecule has 8 heteroatoms. The number of carbonyl (C=O) groups excluding carboxylic acids is 1. The van der Waals surface area contributed by atoms with Crippen LogP contribution in [0.25, 0.3) is 0 Å². The Bertz CT molecular complexity index is 711. The van der Waals surface area contributed by atoms with E-state index in [9.17, 15) is 13.2 Å². The summed E-state index contributed by atoms with van der Waals surface area (Å²) in [6.07, 6.45) is 3.15. The minimum atomic E-state index is -3.50. The fourth-order valence-electron chi connectivity index (χ4n) is 1.74. The van der Waals surface area contributed by atoms with Crippen molar-refractivity contribution in [2.24, 2.45) is 0 Å². The van der Waals surface area contributed by atoms with E-state index >= 15 is 0 Å². The fourth-order valence-corrected chi connectivity index (χ4v) is 2.85. The quantitative estimate of drug-likeness (QED) is 0.769. The molecule has 21 heavy (non-hydrogen) atoms. The molecule has 2 N–H and O–H groups in total. The Hall–Kier alpha value is -2.19. The molecule has 0 spiro atoms. The standard InChI is InChI=1S/C13H15N3O4S/c1-20-13(17)12-4-2-3-10(5-12)9-21(18,19)16-8-11-6-14-15-7-11/h2-7,16H,8-9H2,1H3,(H,14,15). The molecule has 1 aromatic heterocycles. The van der Waals surface area contributed by atoms with Crippen LogP contribution in [0, 0.1) is 0 Å². The molecule has 1 heterocycles. The Balaban J connectivity index is 2.04. The molecular formula is C13H15N3O4S. The number of methoxy groups -OCH3 is 1. The third-order valence-electron chi connectivity index (χ3n) is 2.76. The lowest BCUT2D eigenvalue weighted by Crippen LogP contribution is -2.24. The predicted octanol–water partition coefficient (Wildman–Crippen LogP) is 0.816. The van der Waals surface area contributed by atoms with E-state index in [-0.39, 0.29) is 12.3 Å². The number of nitrogens with one attached hydrogen (secondary N) is 2. The Morgan fingerprint density at radius 1 is 1.38 bits per heavy atom. The minimum absolute atomic E-state index is 0.162. The van der Waals surface area contributed by atoms with Crippen LogP contribution in [-0.4, -0.2) is 31.7 Å². The van der Waals surface area contributed by atoms with Crippen LogP contribution in [0.2, 0.25) is 0 Å². The first kappa shape index (κ1) is 15.2. The number of esters is 1. The normalized spacial score (nSPS) is 11.3. The lowest BCUT2D eigenvalue weighted by Gasteiger charge is -2.07. The number of sulfonamides is 1. The lowest BCUT2D eigenvalue weighted by molar-refractivity contribution is 0.0600. The van der Waals surface area contributed by atoms with Crippen molar-refractivity contribution in [3.8, 4) is 0 Å². The highest BCUT2D eigenvalue weighted by Crippen LogP contribution is 2.10. The molecular weight excluding hydrogens is 294 g/mol. The zero-order valence-corrected chi connectivity index (χ0v) is 12.2. The highest BCUT2D eigenvalue weighted by atomic mass is 32.2. The second-order valence-electron chi connectivity index (χ2n) is 4.38. The van der Waals surface area contributed by atoms with Crippen LogP contribution < -0.4 is 4.72 Å². The Kier molecular flexibility index (Phi) is 4.71. The summed E-state index contributed by atoms with van der Waals surface area (Å²) in [7, 11) is -2.23. The molecule has 0 amide bonds. The molecule has 0 aliphatic heterocycles. The van der Waals surface area contributed by atoms with Crippen LogP contribution in [0.15, 0.2) is 36.7 Å². The minimum Gasteiger partial charge on any atom is -0.465 e. The summed E-state index contributed by atoms with van der Waals surface area (Å²) >= 11 is 0. The highest BCUT2D eigenvalue weighted by molar-refractivity contribution is 7.88. The Morgan fingerprint density at radius 2 is 2.19 bits per heavy atom. The summed E-state index contributed by atoms with van der Waals surface area (Å²) in [5.74, 6) is -0.712. The number of hydrogen-bond donors (Lipinski definition) is 2. The maximum Gasteiger partial charge on any atom is 0.337 e. The van der Waals surface area contributed by atoms with Gasteiger partial charge in [0.1, 0.15) is 0 Å². The number of rotatable bonds is 6. The summed E-state index contributed by atoms with van der Waals surface area (Å²) in [4.78, 5) is 11.4. The van der Waals surface area contributed by atoms with E-state index in [0.29, 0.717) is 11.1 Å². The summed E-state index contributed by atoms with van der Waals surface area (Å²) in [5.41, 5.74) is 1.57. The molecule has 2 aromatic rings. The number of aromatic amines is 1. The number of hydrogen-bond acceptors (Lipinski definition) is 5. The van der Waals surface area contributed by atoms with Crippen LogP contribution in [0.5, 0.6) is 0 Å². The average Bonchev–Trinajstić information content (AvgIpc) is 2.97. The predicted molar refractivity (Wildman–Crippen MR) is 75.8 cm³/mol. The molecule has 2 rings (SSSR count). The second kappa shape index (κ2) is 6.51. The van der Waals surface area contributed by atoms with E-state index in [1.807, 2.05) is 0 Å². The van der Waals surface area contributed by atoms with Crippen molar-refractivity contribution in [1.29, 1.82) is 0 Å². The molecule has 0 fully saturated rings. The van der Waals surface area contributed by atoms with Gasteiger partial charge < -0.3 is 4.74 Å². The third-order valence-corrected chi connectivity index (χ3v) is 4.05. The van der Waals surface area contributed by atoms with Gasteiger partial charge in [-0.3, -0.25) is 5.10 Å². The smallest absolute Gasteiger partial charge is 0.337 e. The SMILES string of the molecule is COC(=O)c1cccc(CS(=O)(=O)NCc2cn[nH]c2)c1. The largest absolute Gasteiger partial charge is 0.465 e. The van der Waals surface area contributed by atoms with Gasteiger partial charge in [0.25, 0.3) is 0 Å². The van der Waals surface area contributed by atoms with Gasteiger partial charge in [-0.05, 0) is 17.7 Å². The van der Waals surface area contributed by atoms with E-state index in [1.54, 1.807) is 30.6 Å².